The van der Waals surface area contributed by atoms with Crippen molar-refractivity contribution in [3.63, 3.8) is 0 Å². The van der Waals surface area contributed by atoms with Crippen molar-refractivity contribution in [2.75, 3.05) is 0 Å². The van der Waals surface area contributed by atoms with E-state index in [0.29, 0.717) is 4.47 Å². The highest BCUT2D eigenvalue weighted by atomic mass is 79.9. The number of rotatable bonds is 2. The molecule has 2 aromatic carbocycles. The molecule has 0 aromatic heterocycles. The van der Waals surface area contributed by atoms with Crippen molar-refractivity contribution in [3.8, 4) is 11.1 Å². The summed E-state index contributed by atoms with van der Waals surface area (Å²) in [7, 11) is 0. The Morgan fingerprint density at radius 2 is 1.71 bits per heavy atom. The molecule has 86 valence electrons. The molecule has 17 heavy (non-hydrogen) atoms. The van der Waals surface area contributed by atoms with Gasteiger partial charge in [-0.3, -0.25) is 10.1 Å². The summed E-state index contributed by atoms with van der Waals surface area (Å²) in [6.45, 7) is 0. The van der Waals surface area contributed by atoms with Gasteiger partial charge in [0.2, 0.25) is 0 Å². The molecular weight excluding hydrogens is 350 g/mol. The molecule has 2 aromatic rings. The Hall–Kier alpha value is -1.20. The van der Waals surface area contributed by atoms with Crippen molar-refractivity contribution in [2.45, 2.75) is 0 Å². The first-order chi connectivity index (χ1) is 8.09. The minimum absolute atomic E-state index is 0.0678. The van der Waals surface area contributed by atoms with Gasteiger partial charge in [0.15, 0.2) is 0 Å². The first kappa shape index (κ1) is 12.3. The Bertz CT molecular complexity index is 584. The maximum atomic E-state index is 10.9. The van der Waals surface area contributed by atoms with Crippen molar-refractivity contribution >= 4 is 37.5 Å². The molecule has 0 radical (unpaired) electrons. The number of nitro groups is 1. The van der Waals surface area contributed by atoms with Crippen LogP contribution in [-0.2, 0) is 0 Å². The van der Waals surface area contributed by atoms with Crippen LogP contribution >= 0.6 is 31.9 Å². The third-order valence-electron chi connectivity index (χ3n) is 2.33. The van der Waals surface area contributed by atoms with Crippen LogP contribution in [0.4, 0.5) is 5.69 Å². The predicted molar refractivity (Wildman–Crippen MR) is 73.9 cm³/mol. The lowest BCUT2D eigenvalue weighted by molar-refractivity contribution is -0.385. The normalized spacial score (nSPS) is 10.2. The lowest BCUT2D eigenvalue weighted by atomic mass is 10.1. The molecule has 0 fully saturated rings. The Labute approximate surface area is 115 Å². The van der Waals surface area contributed by atoms with E-state index in [1.807, 2.05) is 30.3 Å². The van der Waals surface area contributed by atoms with E-state index in [1.165, 1.54) is 0 Å². The second kappa shape index (κ2) is 4.98. The molecule has 0 N–H and O–H groups in total. The molecule has 0 spiro atoms. The van der Waals surface area contributed by atoms with Gasteiger partial charge in [0.1, 0.15) is 0 Å². The smallest absolute Gasteiger partial charge is 0.258 e. The summed E-state index contributed by atoms with van der Waals surface area (Å²) in [4.78, 5) is 10.5. The average molecular weight is 357 g/mol. The highest BCUT2D eigenvalue weighted by Gasteiger charge is 2.13. The van der Waals surface area contributed by atoms with Crippen molar-refractivity contribution < 1.29 is 4.92 Å². The number of halogens is 2. The zero-order chi connectivity index (χ0) is 12.4. The van der Waals surface area contributed by atoms with Gasteiger partial charge in [-0.1, -0.05) is 40.2 Å². The lowest BCUT2D eigenvalue weighted by Gasteiger charge is -2.05. The Morgan fingerprint density at radius 3 is 2.35 bits per heavy atom. The zero-order valence-corrected chi connectivity index (χ0v) is 11.7. The van der Waals surface area contributed by atoms with E-state index in [0.717, 1.165) is 15.6 Å². The van der Waals surface area contributed by atoms with Crippen molar-refractivity contribution in [1.82, 2.24) is 0 Å². The van der Waals surface area contributed by atoms with Gasteiger partial charge in [-0.15, -0.1) is 0 Å². The molecule has 0 saturated carbocycles. The average Bonchev–Trinajstić information content (AvgIpc) is 2.30. The van der Waals surface area contributed by atoms with Gasteiger partial charge in [-0.2, -0.15) is 0 Å². The summed E-state index contributed by atoms with van der Waals surface area (Å²) in [5.74, 6) is 0. The van der Waals surface area contributed by atoms with Crippen LogP contribution in [0.2, 0.25) is 0 Å². The molecule has 0 atom stereocenters. The molecule has 0 heterocycles. The summed E-state index contributed by atoms with van der Waals surface area (Å²) in [6.07, 6.45) is 0. The number of hydrogen-bond donors (Lipinski definition) is 0. The van der Waals surface area contributed by atoms with E-state index >= 15 is 0 Å². The molecule has 0 aliphatic rings. The van der Waals surface area contributed by atoms with Gasteiger partial charge in [0.25, 0.3) is 5.69 Å². The Morgan fingerprint density at radius 1 is 1.00 bits per heavy atom. The maximum absolute atomic E-state index is 10.9. The maximum Gasteiger partial charge on any atom is 0.284 e. The fourth-order valence-corrected chi connectivity index (χ4v) is 2.42. The summed E-state index contributed by atoms with van der Waals surface area (Å²) < 4.78 is 1.40. The molecular formula is C12H7Br2NO2. The van der Waals surface area contributed by atoms with Crippen LogP contribution in [0.3, 0.4) is 0 Å². The first-order valence-corrected chi connectivity index (χ1v) is 6.37. The zero-order valence-electron chi connectivity index (χ0n) is 8.56. The van der Waals surface area contributed by atoms with Crippen LogP contribution in [0.25, 0.3) is 11.1 Å². The minimum atomic E-state index is -0.398. The largest absolute Gasteiger partial charge is 0.284 e. The second-order valence-corrected chi connectivity index (χ2v) is 5.11. The molecule has 5 heteroatoms. The fourth-order valence-electron chi connectivity index (χ4n) is 1.52. The molecule has 0 unspecified atom stereocenters. The highest BCUT2D eigenvalue weighted by Crippen LogP contribution is 2.33. The van der Waals surface area contributed by atoms with Crippen LogP contribution < -0.4 is 0 Å². The van der Waals surface area contributed by atoms with Crippen LogP contribution in [0.15, 0.2) is 51.4 Å². The Balaban J connectivity index is 2.58. The van der Waals surface area contributed by atoms with Crippen molar-refractivity contribution in [2.24, 2.45) is 0 Å². The van der Waals surface area contributed by atoms with Gasteiger partial charge in [-0.25, -0.2) is 0 Å². The van der Waals surface area contributed by atoms with Crippen LogP contribution in [0.5, 0.6) is 0 Å². The van der Waals surface area contributed by atoms with Gasteiger partial charge in [0, 0.05) is 10.5 Å². The number of hydrogen-bond acceptors (Lipinski definition) is 2. The SMILES string of the molecule is O=[N+]([O-])c1cc(-c2ccccc2Br)ccc1Br. The van der Waals surface area contributed by atoms with E-state index in [-0.39, 0.29) is 5.69 Å². The monoisotopic (exact) mass is 355 g/mol. The third-order valence-corrected chi connectivity index (χ3v) is 3.69. The van der Waals surface area contributed by atoms with E-state index < -0.39 is 4.92 Å². The van der Waals surface area contributed by atoms with Gasteiger partial charge in [0.05, 0.1) is 9.40 Å². The molecule has 2 rings (SSSR count). The van der Waals surface area contributed by atoms with Crippen LogP contribution in [-0.4, -0.2) is 4.92 Å². The topological polar surface area (TPSA) is 43.1 Å². The van der Waals surface area contributed by atoms with Gasteiger partial charge >= 0.3 is 0 Å². The summed E-state index contributed by atoms with van der Waals surface area (Å²) in [6, 6.07) is 12.7. The van der Waals surface area contributed by atoms with E-state index in [1.54, 1.807) is 12.1 Å². The molecule has 0 amide bonds. The summed E-state index contributed by atoms with van der Waals surface area (Å²) in [5.41, 5.74) is 1.81. The molecule has 0 saturated heterocycles. The number of nitro benzene ring substituents is 1. The van der Waals surface area contributed by atoms with E-state index in [9.17, 15) is 10.1 Å². The van der Waals surface area contributed by atoms with Crippen LogP contribution in [0.1, 0.15) is 0 Å². The van der Waals surface area contributed by atoms with Crippen molar-refractivity contribution in [3.05, 3.63) is 61.5 Å². The quantitative estimate of drug-likeness (QED) is 0.573. The molecule has 3 nitrogen and oxygen atoms in total. The number of benzene rings is 2. The summed E-state index contributed by atoms with van der Waals surface area (Å²) >= 11 is 6.60. The van der Waals surface area contributed by atoms with Gasteiger partial charge in [-0.05, 0) is 39.2 Å². The van der Waals surface area contributed by atoms with E-state index in [4.69, 9.17) is 0 Å². The molecule has 0 aliphatic heterocycles. The molecule has 0 aliphatic carbocycles. The highest BCUT2D eigenvalue weighted by molar-refractivity contribution is 9.11. The lowest BCUT2D eigenvalue weighted by Crippen LogP contribution is -1.90. The summed E-state index contributed by atoms with van der Waals surface area (Å²) in [5, 5.41) is 10.9. The fraction of sp³-hybridized carbons (Fsp3) is 0. The number of nitrogens with zero attached hydrogens (tertiary/aromatic N) is 1. The van der Waals surface area contributed by atoms with Gasteiger partial charge < -0.3 is 0 Å². The Kier molecular flexibility index (Phi) is 3.59. The minimum Gasteiger partial charge on any atom is -0.258 e. The van der Waals surface area contributed by atoms with Crippen LogP contribution in [0, 0.1) is 10.1 Å². The van der Waals surface area contributed by atoms with E-state index in [2.05, 4.69) is 31.9 Å². The van der Waals surface area contributed by atoms with Crippen molar-refractivity contribution in [1.29, 1.82) is 0 Å². The standard InChI is InChI=1S/C12H7Br2NO2/c13-10-4-2-1-3-9(10)8-5-6-11(14)12(7-8)15(16)17/h1-7H. The first-order valence-electron chi connectivity index (χ1n) is 4.78. The second-order valence-electron chi connectivity index (χ2n) is 3.40. The predicted octanol–water partition coefficient (Wildman–Crippen LogP) is 4.79. The third kappa shape index (κ3) is 2.56. The molecule has 0 bridgehead atoms.